The van der Waals surface area contributed by atoms with Crippen molar-refractivity contribution in [1.82, 2.24) is 10.3 Å². The smallest absolute Gasteiger partial charge is 0.222 e. The molecule has 120 valence electrons. The molecule has 0 aliphatic rings. The number of amides is 2. The number of hydrogen-bond donors (Lipinski definition) is 3. The van der Waals surface area contributed by atoms with Gasteiger partial charge in [-0.2, -0.15) is 0 Å². The van der Waals surface area contributed by atoms with Crippen molar-refractivity contribution in [3.8, 4) is 0 Å². The van der Waals surface area contributed by atoms with E-state index in [4.69, 9.17) is 0 Å². The van der Waals surface area contributed by atoms with Gasteiger partial charge < -0.3 is 16.0 Å². The fraction of sp³-hybridized carbons (Fsp3) is 0.235. The molecule has 3 N–H and O–H groups in total. The first-order valence-electron chi connectivity index (χ1n) is 7.40. The van der Waals surface area contributed by atoms with Crippen LogP contribution in [0.5, 0.6) is 0 Å². The van der Waals surface area contributed by atoms with Gasteiger partial charge >= 0.3 is 0 Å². The van der Waals surface area contributed by atoms with Crippen LogP contribution in [0.4, 0.5) is 11.4 Å². The second kappa shape index (κ2) is 8.53. The summed E-state index contributed by atoms with van der Waals surface area (Å²) in [6.45, 7) is 2.46. The summed E-state index contributed by atoms with van der Waals surface area (Å²) in [5, 5.41) is 8.73. The summed E-state index contributed by atoms with van der Waals surface area (Å²) in [6, 6.07) is 11.1. The van der Waals surface area contributed by atoms with Crippen molar-refractivity contribution in [2.45, 2.75) is 19.9 Å². The summed E-state index contributed by atoms with van der Waals surface area (Å²) < 4.78 is 0. The van der Waals surface area contributed by atoms with E-state index in [0.29, 0.717) is 19.5 Å². The highest BCUT2D eigenvalue weighted by Gasteiger charge is 2.02. The lowest BCUT2D eigenvalue weighted by molar-refractivity contribution is -0.121. The molecular weight excluding hydrogens is 292 g/mol. The average molecular weight is 312 g/mol. The highest BCUT2D eigenvalue weighted by Crippen LogP contribution is 2.14. The zero-order valence-corrected chi connectivity index (χ0v) is 13.0. The summed E-state index contributed by atoms with van der Waals surface area (Å²) in [5.74, 6) is -0.142. The molecule has 0 fully saturated rings. The first kappa shape index (κ1) is 16.5. The van der Waals surface area contributed by atoms with Crippen molar-refractivity contribution in [3.05, 3.63) is 54.4 Å². The van der Waals surface area contributed by atoms with Crippen LogP contribution in [0, 0.1) is 0 Å². The second-order valence-corrected chi connectivity index (χ2v) is 5.08. The number of nitrogens with zero attached hydrogens (tertiary/aromatic N) is 1. The third-order valence-corrected chi connectivity index (χ3v) is 3.08. The van der Waals surface area contributed by atoms with E-state index >= 15 is 0 Å². The number of aromatic nitrogens is 1. The number of anilines is 2. The molecule has 0 atom stereocenters. The van der Waals surface area contributed by atoms with E-state index in [9.17, 15) is 9.59 Å². The second-order valence-electron chi connectivity index (χ2n) is 5.08. The van der Waals surface area contributed by atoms with Crippen LogP contribution in [0.25, 0.3) is 0 Å². The van der Waals surface area contributed by atoms with E-state index in [1.165, 1.54) is 6.92 Å². The number of pyridine rings is 1. The quantitative estimate of drug-likeness (QED) is 0.731. The first-order chi connectivity index (χ1) is 11.1. The van der Waals surface area contributed by atoms with Crippen LogP contribution in [-0.4, -0.2) is 23.3 Å². The van der Waals surface area contributed by atoms with E-state index < -0.39 is 0 Å². The third kappa shape index (κ3) is 6.17. The molecule has 1 heterocycles. The Bertz CT molecular complexity index is 659. The Balaban J connectivity index is 1.72. The van der Waals surface area contributed by atoms with Crippen LogP contribution in [0.15, 0.2) is 48.8 Å². The molecule has 23 heavy (non-hydrogen) atoms. The van der Waals surface area contributed by atoms with Crippen LogP contribution in [0.3, 0.4) is 0 Å². The Kier molecular flexibility index (Phi) is 6.11. The highest BCUT2D eigenvalue weighted by atomic mass is 16.2. The lowest BCUT2D eigenvalue weighted by Crippen LogP contribution is -2.24. The SMILES string of the molecule is CC(=O)Nc1cccc(NCCC(=O)NCc2cccnc2)c1. The molecule has 6 heteroatoms. The number of benzene rings is 1. The van der Waals surface area contributed by atoms with E-state index in [1.54, 1.807) is 12.4 Å². The van der Waals surface area contributed by atoms with Gasteiger partial charge in [0.05, 0.1) is 0 Å². The molecule has 0 spiro atoms. The van der Waals surface area contributed by atoms with Gasteiger partial charge in [-0.3, -0.25) is 14.6 Å². The Hall–Kier alpha value is -2.89. The molecule has 1 aromatic heterocycles. The number of nitrogens with one attached hydrogen (secondary N) is 3. The van der Waals surface area contributed by atoms with Crippen molar-refractivity contribution in [2.75, 3.05) is 17.2 Å². The van der Waals surface area contributed by atoms with E-state index in [1.807, 2.05) is 36.4 Å². The molecule has 0 radical (unpaired) electrons. The minimum Gasteiger partial charge on any atom is -0.384 e. The van der Waals surface area contributed by atoms with Crippen LogP contribution >= 0.6 is 0 Å². The molecule has 0 saturated heterocycles. The third-order valence-electron chi connectivity index (χ3n) is 3.08. The predicted octanol–water partition coefficient (Wildman–Crippen LogP) is 2.16. The molecule has 2 amide bonds. The monoisotopic (exact) mass is 312 g/mol. The summed E-state index contributed by atoms with van der Waals surface area (Å²) in [6.07, 6.45) is 3.79. The van der Waals surface area contributed by atoms with Gasteiger partial charge in [0.25, 0.3) is 0 Å². The summed E-state index contributed by atoms with van der Waals surface area (Å²) in [4.78, 5) is 26.8. The van der Waals surface area contributed by atoms with E-state index in [2.05, 4.69) is 20.9 Å². The molecule has 0 bridgehead atoms. The normalized spacial score (nSPS) is 9.96. The fourth-order valence-corrected chi connectivity index (χ4v) is 2.02. The Morgan fingerprint density at radius 3 is 2.70 bits per heavy atom. The van der Waals surface area contributed by atoms with Crippen molar-refractivity contribution in [3.63, 3.8) is 0 Å². The van der Waals surface area contributed by atoms with Gasteiger partial charge in [-0.05, 0) is 29.8 Å². The summed E-state index contributed by atoms with van der Waals surface area (Å²) in [5.41, 5.74) is 2.55. The van der Waals surface area contributed by atoms with Crippen molar-refractivity contribution >= 4 is 23.2 Å². The zero-order chi connectivity index (χ0) is 16.5. The van der Waals surface area contributed by atoms with Crippen LogP contribution in [-0.2, 0) is 16.1 Å². The number of rotatable bonds is 7. The van der Waals surface area contributed by atoms with Gasteiger partial charge in [-0.15, -0.1) is 0 Å². The Morgan fingerprint density at radius 1 is 1.13 bits per heavy atom. The van der Waals surface area contributed by atoms with Crippen LogP contribution in [0.2, 0.25) is 0 Å². The molecule has 0 saturated carbocycles. The van der Waals surface area contributed by atoms with Gasteiger partial charge in [0.15, 0.2) is 0 Å². The minimum atomic E-state index is -0.114. The van der Waals surface area contributed by atoms with Crippen molar-refractivity contribution < 1.29 is 9.59 Å². The topological polar surface area (TPSA) is 83.1 Å². The lowest BCUT2D eigenvalue weighted by Gasteiger charge is -2.09. The van der Waals surface area contributed by atoms with Crippen LogP contribution in [0.1, 0.15) is 18.9 Å². The van der Waals surface area contributed by atoms with Gasteiger partial charge in [0, 0.05) is 50.2 Å². The first-order valence-corrected chi connectivity index (χ1v) is 7.40. The average Bonchev–Trinajstić information content (AvgIpc) is 2.54. The molecule has 0 aliphatic heterocycles. The highest BCUT2D eigenvalue weighted by molar-refractivity contribution is 5.89. The van der Waals surface area contributed by atoms with Gasteiger partial charge in [-0.1, -0.05) is 12.1 Å². The molecule has 2 rings (SSSR count). The van der Waals surface area contributed by atoms with E-state index in [-0.39, 0.29) is 11.8 Å². The van der Waals surface area contributed by atoms with Gasteiger partial charge in [0.2, 0.25) is 11.8 Å². The number of carbonyl (C=O) groups excluding carboxylic acids is 2. The molecule has 1 aromatic carbocycles. The van der Waals surface area contributed by atoms with Crippen molar-refractivity contribution in [1.29, 1.82) is 0 Å². The maximum Gasteiger partial charge on any atom is 0.222 e. The molecule has 0 unspecified atom stereocenters. The summed E-state index contributed by atoms with van der Waals surface area (Å²) >= 11 is 0. The fourth-order valence-electron chi connectivity index (χ4n) is 2.02. The largest absolute Gasteiger partial charge is 0.384 e. The zero-order valence-electron chi connectivity index (χ0n) is 13.0. The standard InChI is InChI=1S/C17H20N4O2/c1-13(22)21-16-6-2-5-15(10-16)19-9-7-17(23)20-12-14-4-3-8-18-11-14/h2-6,8,10-11,19H,7,9,12H2,1H3,(H,20,23)(H,21,22). The molecule has 2 aromatic rings. The molecule has 0 aliphatic carbocycles. The van der Waals surface area contributed by atoms with Crippen LogP contribution < -0.4 is 16.0 Å². The van der Waals surface area contributed by atoms with Gasteiger partial charge in [0.1, 0.15) is 0 Å². The Labute approximate surface area is 135 Å². The van der Waals surface area contributed by atoms with Crippen molar-refractivity contribution in [2.24, 2.45) is 0 Å². The van der Waals surface area contributed by atoms with E-state index in [0.717, 1.165) is 16.9 Å². The maximum absolute atomic E-state index is 11.8. The minimum absolute atomic E-state index is 0.0284. The maximum atomic E-state index is 11.8. The van der Waals surface area contributed by atoms with Gasteiger partial charge in [-0.25, -0.2) is 0 Å². The number of carbonyl (C=O) groups is 2. The Morgan fingerprint density at radius 2 is 1.96 bits per heavy atom. The lowest BCUT2D eigenvalue weighted by atomic mass is 10.2. The predicted molar refractivity (Wildman–Crippen MR) is 89.9 cm³/mol. The summed E-state index contributed by atoms with van der Waals surface area (Å²) in [7, 11) is 0. The molecule has 6 nitrogen and oxygen atoms in total. The molecular formula is C17H20N4O2. The number of hydrogen-bond acceptors (Lipinski definition) is 4.